The molecule has 1 aromatic heterocycles. The average Bonchev–Trinajstić information content (AvgIpc) is 3.57. The highest BCUT2D eigenvalue weighted by Crippen LogP contribution is 2.44. The van der Waals surface area contributed by atoms with Gasteiger partial charge in [-0.1, -0.05) is 54.6 Å². The lowest BCUT2D eigenvalue weighted by Crippen LogP contribution is -2.53. The predicted molar refractivity (Wildman–Crippen MR) is 205 cm³/mol. The molecule has 0 radical (unpaired) electrons. The minimum absolute atomic E-state index is 0.0447. The largest absolute Gasteiger partial charge is 0.506 e. The standard InChI is InChI=1S/C44H45N3O7/c48-37-15-13-34(35-14-16-41(51)46-42(35)37)39(50)25-45-24-28-5-7-29(8-6-28)27-53-33-11-9-31(10-12-33)38(49)23-44(20-17-30-3-1-2-4-36(30)44)43(52)54-40-26-47-21-18-32(40)19-22-47/h1-16,32,39-40,45,48,50H,17-27H2,(H,46,51)/t39-,40-,44?/m0/s1. The number of pyridine rings is 1. The number of aromatic amines is 1. The summed E-state index contributed by atoms with van der Waals surface area (Å²) in [6.07, 6.45) is 2.53. The number of ketones is 1. The van der Waals surface area contributed by atoms with Gasteiger partial charge in [0.1, 0.15) is 29.6 Å². The molecule has 2 bridgehead atoms. The minimum atomic E-state index is -0.986. The van der Waals surface area contributed by atoms with E-state index in [0.29, 0.717) is 53.3 Å². The summed E-state index contributed by atoms with van der Waals surface area (Å²) < 4.78 is 12.3. The van der Waals surface area contributed by atoms with Gasteiger partial charge in [-0.25, -0.2) is 0 Å². The molecule has 1 unspecified atom stereocenters. The quantitative estimate of drug-likeness (QED) is 0.0885. The molecule has 9 rings (SSSR count). The van der Waals surface area contributed by atoms with Crippen molar-refractivity contribution >= 4 is 22.7 Å². The summed E-state index contributed by atoms with van der Waals surface area (Å²) in [5.41, 5.74) is 4.19. The number of fused-ring (bicyclic) bond motifs is 5. The van der Waals surface area contributed by atoms with Gasteiger partial charge in [0.05, 0.1) is 11.6 Å². The number of Topliss-reactive ketones (excluding diaryl/α,β-unsaturated/α-hetero) is 1. The van der Waals surface area contributed by atoms with E-state index in [1.54, 1.807) is 36.4 Å². The van der Waals surface area contributed by atoms with Crippen molar-refractivity contribution < 1.29 is 29.3 Å². The Labute approximate surface area is 313 Å². The first-order valence-electron chi connectivity index (χ1n) is 18.9. The van der Waals surface area contributed by atoms with Crippen molar-refractivity contribution in [1.82, 2.24) is 15.2 Å². The van der Waals surface area contributed by atoms with Gasteiger partial charge in [0.25, 0.3) is 0 Å². The molecule has 54 heavy (non-hydrogen) atoms. The Morgan fingerprint density at radius 2 is 1.69 bits per heavy atom. The number of phenols is 1. The molecule has 10 heteroatoms. The van der Waals surface area contributed by atoms with E-state index in [1.807, 2.05) is 42.5 Å². The average molecular weight is 728 g/mol. The van der Waals surface area contributed by atoms with Crippen molar-refractivity contribution in [1.29, 1.82) is 0 Å². The number of carbonyl (C=O) groups is 2. The second-order valence-electron chi connectivity index (χ2n) is 15.0. The van der Waals surface area contributed by atoms with Crippen molar-refractivity contribution in [2.45, 2.75) is 62.9 Å². The molecule has 3 saturated heterocycles. The number of aliphatic hydroxyl groups is 1. The normalized spacial score (nSPS) is 22.1. The molecule has 278 valence electrons. The number of ether oxygens (including phenoxy) is 2. The first-order chi connectivity index (χ1) is 26.3. The van der Waals surface area contributed by atoms with Crippen LogP contribution in [0.5, 0.6) is 11.5 Å². The number of aliphatic hydroxyl groups excluding tert-OH is 1. The van der Waals surface area contributed by atoms with Crippen LogP contribution in [-0.2, 0) is 34.5 Å². The Morgan fingerprint density at radius 1 is 0.926 bits per heavy atom. The topological polar surface area (TPSA) is 141 Å². The summed E-state index contributed by atoms with van der Waals surface area (Å²) in [6, 6.07) is 29.2. The molecule has 1 aliphatic carbocycles. The number of nitrogens with zero attached hydrogens (tertiary/aromatic N) is 1. The molecular weight excluding hydrogens is 682 g/mol. The number of benzene rings is 4. The van der Waals surface area contributed by atoms with E-state index in [4.69, 9.17) is 9.47 Å². The maximum absolute atomic E-state index is 14.1. The highest BCUT2D eigenvalue weighted by Gasteiger charge is 2.50. The van der Waals surface area contributed by atoms with Crippen LogP contribution in [0.3, 0.4) is 0 Å². The predicted octanol–water partition coefficient (Wildman–Crippen LogP) is 5.73. The molecule has 4 heterocycles. The van der Waals surface area contributed by atoms with E-state index in [-0.39, 0.29) is 42.1 Å². The van der Waals surface area contributed by atoms with Gasteiger partial charge < -0.3 is 30.0 Å². The Kier molecular flexibility index (Phi) is 10.1. The summed E-state index contributed by atoms with van der Waals surface area (Å²) in [5.74, 6) is 0.637. The molecule has 3 fully saturated rings. The SMILES string of the molecule is O=C(CC1(C(=O)O[C@H]2CN3CCC2CC3)CCc2ccccc21)c1ccc(OCc2ccc(CNC[C@H](O)c3ccc(O)c4[nH]c(=O)ccc34)cc2)cc1. The Bertz CT molecular complexity index is 2210. The van der Waals surface area contributed by atoms with Crippen molar-refractivity contribution in [3.05, 3.63) is 141 Å². The van der Waals surface area contributed by atoms with Crippen LogP contribution in [-0.4, -0.2) is 64.1 Å². The fourth-order valence-electron chi connectivity index (χ4n) is 8.50. The number of esters is 1. The Hall–Kier alpha value is -5.29. The van der Waals surface area contributed by atoms with Crippen LogP contribution in [0.15, 0.2) is 102 Å². The van der Waals surface area contributed by atoms with Gasteiger partial charge in [0.15, 0.2) is 5.78 Å². The van der Waals surface area contributed by atoms with E-state index in [9.17, 15) is 24.6 Å². The van der Waals surface area contributed by atoms with Crippen LogP contribution in [0.1, 0.15) is 70.0 Å². The summed E-state index contributed by atoms with van der Waals surface area (Å²) in [4.78, 5) is 44.6. The zero-order valence-corrected chi connectivity index (χ0v) is 30.1. The third kappa shape index (κ3) is 7.29. The van der Waals surface area contributed by atoms with E-state index in [1.165, 1.54) is 12.1 Å². The smallest absolute Gasteiger partial charge is 0.317 e. The molecular formula is C44H45N3O7. The van der Waals surface area contributed by atoms with Gasteiger partial charge in [-0.2, -0.15) is 0 Å². The summed E-state index contributed by atoms with van der Waals surface area (Å²) in [6.45, 7) is 4.07. The second kappa shape index (κ2) is 15.2. The lowest BCUT2D eigenvalue weighted by molar-refractivity contribution is -0.166. The molecule has 4 aliphatic rings. The minimum Gasteiger partial charge on any atom is -0.506 e. The van der Waals surface area contributed by atoms with Gasteiger partial charge in [-0.05, 0) is 109 Å². The highest BCUT2D eigenvalue weighted by atomic mass is 16.5. The molecule has 3 aliphatic heterocycles. The van der Waals surface area contributed by atoms with Crippen molar-refractivity contribution in [3.8, 4) is 11.5 Å². The first-order valence-corrected chi connectivity index (χ1v) is 18.9. The number of hydrogen-bond donors (Lipinski definition) is 4. The first kappa shape index (κ1) is 35.7. The van der Waals surface area contributed by atoms with E-state index >= 15 is 0 Å². The Morgan fingerprint density at radius 3 is 2.44 bits per heavy atom. The number of aromatic hydroxyl groups is 1. The van der Waals surface area contributed by atoms with Gasteiger partial charge >= 0.3 is 5.97 Å². The molecule has 5 aromatic rings. The number of phenolic OH excluding ortho intramolecular Hbond substituents is 1. The number of aryl methyl sites for hydroxylation is 1. The fraction of sp³-hybridized carbons (Fsp3) is 0.341. The van der Waals surface area contributed by atoms with Crippen LogP contribution < -0.4 is 15.6 Å². The van der Waals surface area contributed by atoms with Gasteiger partial charge in [-0.3, -0.25) is 19.3 Å². The molecule has 10 nitrogen and oxygen atoms in total. The van der Waals surface area contributed by atoms with E-state index in [2.05, 4.69) is 21.3 Å². The Balaban J connectivity index is 0.850. The number of rotatable bonds is 13. The molecule has 0 spiro atoms. The molecule has 0 amide bonds. The number of hydrogen-bond acceptors (Lipinski definition) is 9. The van der Waals surface area contributed by atoms with Crippen LogP contribution in [0.25, 0.3) is 10.9 Å². The number of nitrogens with one attached hydrogen (secondary N) is 2. The molecule has 0 saturated carbocycles. The maximum atomic E-state index is 14.1. The maximum Gasteiger partial charge on any atom is 0.317 e. The third-order valence-corrected chi connectivity index (χ3v) is 11.6. The van der Waals surface area contributed by atoms with Crippen molar-refractivity contribution in [3.63, 3.8) is 0 Å². The van der Waals surface area contributed by atoms with E-state index in [0.717, 1.165) is 61.2 Å². The van der Waals surface area contributed by atoms with Gasteiger partial charge in [-0.15, -0.1) is 0 Å². The molecule has 3 atom stereocenters. The second-order valence-corrected chi connectivity index (χ2v) is 15.0. The van der Waals surface area contributed by atoms with Crippen molar-refractivity contribution in [2.75, 3.05) is 26.2 Å². The van der Waals surface area contributed by atoms with Crippen LogP contribution >= 0.6 is 0 Å². The number of H-pyrrole nitrogens is 1. The zero-order valence-electron chi connectivity index (χ0n) is 30.1. The van der Waals surface area contributed by atoms with Crippen LogP contribution in [0.4, 0.5) is 0 Å². The van der Waals surface area contributed by atoms with Crippen molar-refractivity contribution in [2.24, 2.45) is 5.92 Å². The lowest BCUT2D eigenvalue weighted by Gasteiger charge is -2.45. The van der Waals surface area contributed by atoms with Gasteiger partial charge in [0.2, 0.25) is 5.56 Å². The number of aromatic nitrogens is 1. The summed E-state index contributed by atoms with van der Waals surface area (Å²) >= 11 is 0. The summed E-state index contributed by atoms with van der Waals surface area (Å²) in [5, 5.41) is 24.8. The molecule has 4 N–H and O–H groups in total. The monoisotopic (exact) mass is 727 g/mol. The summed E-state index contributed by atoms with van der Waals surface area (Å²) in [7, 11) is 0. The molecule has 4 aromatic carbocycles. The zero-order chi connectivity index (χ0) is 37.2. The number of piperidine rings is 3. The number of carbonyl (C=O) groups excluding carboxylic acids is 2. The van der Waals surface area contributed by atoms with Crippen LogP contribution in [0.2, 0.25) is 0 Å². The van der Waals surface area contributed by atoms with E-state index < -0.39 is 11.5 Å². The third-order valence-electron chi connectivity index (χ3n) is 11.6. The highest BCUT2D eigenvalue weighted by molar-refractivity contribution is 6.01. The van der Waals surface area contributed by atoms with Crippen LogP contribution in [0, 0.1) is 5.92 Å². The fourth-order valence-corrected chi connectivity index (χ4v) is 8.50. The van der Waals surface area contributed by atoms with Gasteiger partial charge in [0, 0.05) is 43.1 Å². The lowest BCUT2D eigenvalue weighted by atomic mass is 9.76.